The highest BCUT2D eigenvalue weighted by atomic mass is 79.9. The van der Waals surface area contributed by atoms with Gasteiger partial charge in [-0.3, -0.25) is 9.59 Å². The number of amides is 2. The van der Waals surface area contributed by atoms with Gasteiger partial charge in [-0.05, 0) is 88.4 Å². The fraction of sp³-hybridized carbons (Fsp3) is 0.474. The smallest absolute Gasteiger partial charge is 0.266 e. The summed E-state index contributed by atoms with van der Waals surface area (Å²) in [6.45, 7) is 1.64. The molecule has 2 aromatic heterocycles. The number of halogens is 2. The number of piperidine rings is 1. The number of rotatable bonds is 3. The maximum atomic E-state index is 13.3. The molecule has 1 aliphatic heterocycles. The number of fused-ring (bicyclic) bond motifs is 1. The first kappa shape index (κ1) is 19.6. The second kappa shape index (κ2) is 8.35. The van der Waals surface area contributed by atoms with Crippen LogP contribution in [-0.4, -0.2) is 29.8 Å². The standard InChI is InChI=1S/C19H20Br2N2O2S2/c20-12-10-14(26-16(12)21)17(24)22-18-15(11-6-2-3-7-13(11)27-18)19(25)23-8-4-1-5-9-23/h10H,1-9H2,(H,22,24). The van der Waals surface area contributed by atoms with Gasteiger partial charge in [0.2, 0.25) is 0 Å². The third-order valence-electron chi connectivity index (χ3n) is 5.12. The highest BCUT2D eigenvalue weighted by Crippen LogP contribution is 2.40. The van der Waals surface area contributed by atoms with Crippen molar-refractivity contribution in [1.29, 1.82) is 0 Å². The first-order valence-corrected chi connectivity index (χ1v) is 12.5. The molecule has 27 heavy (non-hydrogen) atoms. The maximum Gasteiger partial charge on any atom is 0.266 e. The summed E-state index contributed by atoms with van der Waals surface area (Å²) in [6, 6.07) is 1.81. The molecule has 2 aliphatic rings. The Labute approximate surface area is 183 Å². The molecule has 144 valence electrons. The molecule has 0 atom stereocenters. The van der Waals surface area contributed by atoms with E-state index >= 15 is 0 Å². The van der Waals surface area contributed by atoms with Crippen LogP contribution in [-0.2, 0) is 12.8 Å². The Morgan fingerprint density at radius 2 is 1.74 bits per heavy atom. The lowest BCUT2D eigenvalue weighted by atomic mass is 9.94. The van der Waals surface area contributed by atoms with Crippen LogP contribution < -0.4 is 5.32 Å². The summed E-state index contributed by atoms with van der Waals surface area (Å²) >= 11 is 9.85. The van der Waals surface area contributed by atoms with Crippen LogP contribution in [0.3, 0.4) is 0 Å². The molecular weight excluding hydrogens is 512 g/mol. The minimum absolute atomic E-state index is 0.0953. The molecule has 1 N–H and O–H groups in total. The van der Waals surface area contributed by atoms with Crippen LogP contribution in [0, 0.1) is 0 Å². The van der Waals surface area contributed by atoms with E-state index < -0.39 is 0 Å². The molecule has 1 fully saturated rings. The second-order valence-electron chi connectivity index (χ2n) is 6.95. The summed E-state index contributed by atoms with van der Waals surface area (Å²) in [4.78, 5) is 29.9. The van der Waals surface area contributed by atoms with Gasteiger partial charge in [-0.25, -0.2) is 0 Å². The largest absolute Gasteiger partial charge is 0.339 e. The zero-order chi connectivity index (χ0) is 19.0. The van der Waals surface area contributed by atoms with Crippen LogP contribution in [0.2, 0.25) is 0 Å². The van der Waals surface area contributed by atoms with Gasteiger partial charge < -0.3 is 10.2 Å². The molecule has 0 unspecified atom stereocenters. The summed E-state index contributed by atoms with van der Waals surface area (Å²) in [6.07, 6.45) is 7.54. The molecule has 3 heterocycles. The number of anilines is 1. The van der Waals surface area contributed by atoms with Crippen LogP contribution in [0.4, 0.5) is 5.00 Å². The van der Waals surface area contributed by atoms with E-state index in [1.54, 1.807) is 11.3 Å². The summed E-state index contributed by atoms with van der Waals surface area (Å²) in [7, 11) is 0. The zero-order valence-corrected chi connectivity index (χ0v) is 19.6. The van der Waals surface area contributed by atoms with Crippen molar-refractivity contribution in [2.45, 2.75) is 44.9 Å². The number of hydrogen-bond acceptors (Lipinski definition) is 4. The van der Waals surface area contributed by atoms with Crippen molar-refractivity contribution in [2.24, 2.45) is 0 Å². The van der Waals surface area contributed by atoms with Crippen LogP contribution in [0.15, 0.2) is 14.3 Å². The lowest BCUT2D eigenvalue weighted by molar-refractivity contribution is 0.0724. The number of carbonyl (C=O) groups excluding carboxylic acids is 2. The van der Waals surface area contributed by atoms with Crippen molar-refractivity contribution >= 4 is 71.3 Å². The molecule has 0 saturated carbocycles. The average molecular weight is 532 g/mol. The fourth-order valence-electron chi connectivity index (χ4n) is 3.76. The van der Waals surface area contributed by atoms with E-state index in [1.807, 2.05) is 11.0 Å². The van der Waals surface area contributed by atoms with Gasteiger partial charge in [0.15, 0.2) is 0 Å². The number of nitrogens with zero attached hydrogens (tertiary/aromatic N) is 1. The molecule has 2 aromatic rings. The van der Waals surface area contributed by atoms with Gasteiger partial charge in [-0.2, -0.15) is 0 Å². The molecule has 0 bridgehead atoms. The topological polar surface area (TPSA) is 49.4 Å². The van der Waals surface area contributed by atoms with Gasteiger partial charge in [0.25, 0.3) is 11.8 Å². The normalized spacial score (nSPS) is 16.9. The average Bonchev–Trinajstić information content (AvgIpc) is 3.21. The highest BCUT2D eigenvalue weighted by molar-refractivity contribution is 9.13. The minimum atomic E-state index is -0.155. The van der Waals surface area contributed by atoms with E-state index in [1.165, 1.54) is 28.2 Å². The molecule has 0 aromatic carbocycles. The van der Waals surface area contributed by atoms with Crippen LogP contribution in [0.25, 0.3) is 0 Å². The highest BCUT2D eigenvalue weighted by Gasteiger charge is 2.30. The van der Waals surface area contributed by atoms with Gasteiger partial charge in [-0.15, -0.1) is 22.7 Å². The zero-order valence-electron chi connectivity index (χ0n) is 14.8. The Morgan fingerprint density at radius 1 is 1.00 bits per heavy atom. The van der Waals surface area contributed by atoms with Gasteiger partial charge >= 0.3 is 0 Å². The van der Waals surface area contributed by atoms with Crippen molar-refractivity contribution in [2.75, 3.05) is 18.4 Å². The summed E-state index contributed by atoms with van der Waals surface area (Å²) in [5, 5.41) is 3.77. The Hall–Kier alpha value is -0.700. The number of aryl methyl sites for hydroxylation is 1. The molecule has 0 spiro atoms. The van der Waals surface area contributed by atoms with Crippen LogP contribution in [0.1, 0.15) is 62.6 Å². The summed E-state index contributed by atoms with van der Waals surface area (Å²) in [5.41, 5.74) is 1.92. The Kier molecular flexibility index (Phi) is 6.06. The first-order valence-electron chi connectivity index (χ1n) is 9.24. The third kappa shape index (κ3) is 4.04. The minimum Gasteiger partial charge on any atom is -0.339 e. The lowest BCUT2D eigenvalue weighted by Gasteiger charge is -2.27. The molecule has 4 nitrogen and oxygen atoms in total. The molecule has 2 amide bonds. The van der Waals surface area contributed by atoms with E-state index in [0.29, 0.717) is 4.88 Å². The maximum absolute atomic E-state index is 13.3. The Balaban J connectivity index is 1.66. The molecular formula is C19H20Br2N2O2S2. The molecule has 1 saturated heterocycles. The number of carbonyl (C=O) groups is 2. The van der Waals surface area contributed by atoms with E-state index in [4.69, 9.17) is 0 Å². The number of likely N-dealkylation sites (tertiary alicyclic amines) is 1. The fourth-order valence-corrected chi connectivity index (χ4v) is 6.97. The summed E-state index contributed by atoms with van der Waals surface area (Å²) < 4.78 is 1.76. The molecule has 0 radical (unpaired) electrons. The molecule has 4 rings (SSSR count). The predicted octanol–water partition coefficient (Wildman–Crippen LogP) is 6.09. The monoisotopic (exact) mass is 530 g/mol. The third-order valence-corrected chi connectivity index (χ3v) is 9.59. The number of thiophene rings is 2. The summed E-state index contributed by atoms with van der Waals surface area (Å²) in [5.74, 6) is -0.0596. The van der Waals surface area contributed by atoms with Crippen molar-refractivity contribution in [3.63, 3.8) is 0 Å². The van der Waals surface area contributed by atoms with Crippen molar-refractivity contribution < 1.29 is 9.59 Å². The Morgan fingerprint density at radius 3 is 2.44 bits per heavy atom. The quantitative estimate of drug-likeness (QED) is 0.520. The van der Waals surface area contributed by atoms with E-state index in [0.717, 1.165) is 70.4 Å². The van der Waals surface area contributed by atoms with E-state index in [2.05, 4.69) is 37.2 Å². The predicted molar refractivity (Wildman–Crippen MR) is 118 cm³/mol. The van der Waals surface area contributed by atoms with Crippen LogP contribution in [0.5, 0.6) is 0 Å². The number of nitrogens with one attached hydrogen (secondary N) is 1. The van der Waals surface area contributed by atoms with Gasteiger partial charge in [-0.1, -0.05) is 0 Å². The van der Waals surface area contributed by atoms with Gasteiger partial charge in [0.05, 0.1) is 14.2 Å². The van der Waals surface area contributed by atoms with Gasteiger partial charge in [0, 0.05) is 22.4 Å². The van der Waals surface area contributed by atoms with Crippen molar-refractivity contribution in [1.82, 2.24) is 4.90 Å². The Bertz CT molecular complexity index is 865. The van der Waals surface area contributed by atoms with Crippen molar-refractivity contribution in [3.05, 3.63) is 35.2 Å². The molecule has 8 heteroatoms. The first-order chi connectivity index (χ1) is 13.0. The lowest BCUT2D eigenvalue weighted by Crippen LogP contribution is -2.36. The van der Waals surface area contributed by atoms with Gasteiger partial charge in [0.1, 0.15) is 5.00 Å². The van der Waals surface area contributed by atoms with Crippen LogP contribution >= 0.6 is 54.5 Å². The van der Waals surface area contributed by atoms with Crippen molar-refractivity contribution in [3.8, 4) is 0 Å². The van der Waals surface area contributed by atoms with E-state index in [9.17, 15) is 9.59 Å². The second-order valence-corrected chi connectivity index (χ2v) is 11.3. The number of hydrogen-bond donors (Lipinski definition) is 1. The van der Waals surface area contributed by atoms with E-state index in [-0.39, 0.29) is 11.8 Å². The SMILES string of the molecule is O=C(Nc1sc2c(c1C(=O)N1CCCCC1)CCCC2)c1cc(Br)c(Br)s1. The molecule has 1 aliphatic carbocycles.